The van der Waals surface area contributed by atoms with Gasteiger partial charge < -0.3 is 10.1 Å². The molecule has 31 heavy (non-hydrogen) atoms. The van der Waals surface area contributed by atoms with Crippen molar-refractivity contribution in [1.82, 2.24) is 9.80 Å². The van der Waals surface area contributed by atoms with E-state index in [0.29, 0.717) is 15.4 Å². The van der Waals surface area contributed by atoms with Crippen molar-refractivity contribution in [3.8, 4) is 0 Å². The third-order valence-corrected chi connectivity index (χ3v) is 6.59. The molecule has 3 rings (SSSR count). The highest BCUT2D eigenvalue weighted by Gasteiger charge is 2.26. The van der Waals surface area contributed by atoms with Crippen LogP contribution >= 0.6 is 11.3 Å². The minimum Gasteiger partial charge on any atom is -0.462 e. The molecule has 0 saturated carbocycles. The van der Waals surface area contributed by atoms with Gasteiger partial charge in [0, 0.05) is 32.7 Å². The fraction of sp³-hybridized carbons (Fsp3) is 0.435. The lowest BCUT2D eigenvalue weighted by molar-refractivity contribution is -0.117. The number of carbonyl (C=O) groups is 3. The Kier molecular flexibility index (Phi) is 7.95. The number of nitrogens with one attached hydrogen (secondary N) is 1. The van der Waals surface area contributed by atoms with Gasteiger partial charge in [-0.15, -0.1) is 11.3 Å². The smallest absolute Gasteiger partial charge is 0.341 e. The van der Waals surface area contributed by atoms with Crippen LogP contribution in [0.5, 0.6) is 0 Å². The highest BCUT2D eigenvalue weighted by molar-refractivity contribution is 7.18. The Labute approximate surface area is 187 Å². The second-order valence-corrected chi connectivity index (χ2v) is 8.64. The summed E-state index contributed by atoms with van der Waals surface area (Å²) in [6.07, 6.45) is 0. The van der Waals surface area contributed by atoms with Crippen LogP contribution < -0.4 is 5.32 Å². The molecular formula is C23H29N3O4S. The van der Waals surface area contributed by atoms with E-state index in [0.717, 1.165) is 44.1 Å². The van der Waals surface area contributed by atoms with Crippen molar-refractivity contribution in [2.24, 2.45) is 0 Å². The number of thiophene rings is 1. The monoisotopic (exact) mass is 443 g/mol. The summed E-state index contributed by atoms with van der Waals surface area (Å²) in [7, 11) is 0. The molecule has 166 valence electrons. The van der Waals surface area contributed by atoms with Gasteiger partial charge in [-0.2, -0.15) is 0 Å². The highest BCUT2D eigenvalue weighted by atomic mass is 32.1. The number of amides is 1. The van der Waals surface area contributed by atoms with Gasteiger partial charge in [0.25, 0.3) is 0 Å². The molecule has 0 aliphatic carbocycles. The maximum atomic E-state index is 12.7. The maximum Gasteiger partial charge on any atom is 0.341 e. The second-order valence-electron chi connectivity index (χ2n) is 7.62. The molecule has 7 nitrogen and oxygen atoms in total. The molecule has 1 aromatic carbocycles. The van der Waals surface area contributed by atoms with Crippen molar-refractivity contribution in [2.45, 2.75) is 27.3 Å². The standard InChI is InChI=1S/C23H29N3O4S/c1-4-30-23(29)20-16(2)21(17(3)27)31-22(20)24-19(28)15-26-12-10-25(11-13-26)14-18-8-6-5-7-9-18/h5-9H,4,10-15H2,1-3H3,(H,24,28). The van der Waals surface area contributed by atoms with E-state index in [2.05, 4.69) is 27.2 Å². The van der Waals surface area contributed by atoms with E-state index < -0.39 is 5.97 Å². The first-order chi connectivity index (χ1) is 14.9. The van der Waals surface area contributed by atoms with Crippen molar-refractivity contribution in [2.75, 3.05) is 44.6 Å². The van der Waals surface area contributed by atoms with E-state index in [9.17, 15) is 14.4 Å². The Morgan fingerprint density at radius 3 is 2.32 bits per heavy atom. The molecule has 0 spiro atoms. The summed E-state index contributed by atoms with van der Waals surface area (Å²) >= 11 is 1.13. The molecule has 0 unspecified atom stereocenters. The maximum absolute atomic E-state index is 12.7. The Balaban J connectivity index is 1.58. The van der Waals surface area contributed by atoms with Crippen molar-refractivity contribution >= 4 is 34.0 Å². The topological polar surface area (TPSA) is 79.0 Å². The van der Waals surface area contributed by atoms with E-state index >= 15 is 0 Å². The van der Waals surface area contributed by atoms with E-state index in [1.165, 1.54) is 12.5 Å². The van der Waals surface area contributed by atoms with Crippen LogP contribution in [0.25, 0.3) is 0 Å². The number of esters is 1. The number of carbonyl (C=O) groups excluding carboxylic acids is 3. The zero-order valence-electron chi connectivity index (χ0n) is 18.3. The van der Waals surface area contributed by atoms with E-state index in [-0.39, 0.29) is 30.4 Å². The summed E-state index contributed by atoms with van der Waals surface area (Å²) in [5.74, 6) is -0.852. The number of hydrogen-bond donors (Lipinski definition) is 1. The van der Waals surface area contributed by atoms with Gasteiger partial charge in [-0.1, -0.05) is 30.3 Å². The van der Waals surface area contributed by atoms with Gasteiger partial charge in [-0.3, -0.25) is 19.4 Å². The third kappa shape index (κ3) is 6.00. The molecule has 0 radical (unpaired) electrons. The van der Waals surface area contributed by atoms with Crippen LogP contribution in [0.2, 0.25) is 0 Å². The molecule has 1 saturated heterocycles. The number of nitrogens with zero attached hydrogens (tertiary/aromatic N) is 2. The minimum absolute atomic E-state index is 0.136. The van der Waals surface area contributed by atoms with Crippen LogP contribution in [0.3, 0.4) is 0 Å². The molecule has 2 heterocycles. The number of ketones is 1. The van der Waals surface area contributed by atoms with Gasteiger partial charge in [-0.05, 0) is 31.9 Å². The molecule has 2 aromatic rings. The Hall–Kier alpha value is -2.55. The van der Waals surface area contributed by atoms with Crippen LogP contribution in [0.4, 0.5) is 5.00 Å². The molecule has 1 amide bonds. The zero-order valence-corrected chi connectivity index (χ0v) is 19.1. The molecule has 0 bridgehead atoms. The number of piperazine rings is 1. The predicted octanol–water partition coefficient (Wildman–Crippen LogP) is 3.19. The summed E-state index contributed by atoms with van der Waals surface area (Å²) in [5.41, 5.74) is 2.12. The molecule has 1 aliphatic rings. The summed E-state index contributed by atoms with van der Waals surface area (Å²) in [6, 6.07) is 10.4. The van der Waals surface area contributed by atoms with Crippen LogP contribution in [0.1, 0.15) is 45.0 Å². The number of ether oxygens (including phenoxy) is 1. The van der Waals surface area contributed by atoms with E-state index in [1.807, 2.05) is 18.2 Å². The third-order valence-electron chi connectivity index (χ3n) is 5.28. The fourth-order valence-electron chi connectivity index (χ4n) is 3.70. The molecule has 8 heteroatoms. The van der Waals surface area contributed by atoms with Gasteiger partial charge >= 0.3 is 5.97 Å². The lowest BCUT2D eigenvalue weighted by Gasteiger charge is -2.34. The van der Waals surface area contributed by atoms with Gasteiger partial charge in [0.15, 0.2) is 5.78 Å². The Morgan fingerprint density at radius 2 is 1.71 bits per heavy atom. The summed E-state index contributed by atoms with van der Waals surface area (Å²) in [6.45, 7) is 9.65. The van der Waals surface area contributed by atoms with Crippen LogP contribution in [0.15, 0.2) is 30.3 Å². The fourth-order valence-corrected chi connectivity index (χ4v) is 4.81. The first-order valence-corrected chi connectivity index (χ1v) is 11.3. The summed E-state index contributed by atoms with van der Waals surface area (Å²) in [4.78, 5) is 41.9. The average Bonchev–Trinajstić information content (AvgIpc) is 3.06. The summed E-state index contributed by atoms with van der Waals surface area (Å²) < 4.78 is 5.12. The molecule has 1 aliphatic heterocycles. The normalized spacial score (nSPS) is 14.9. The molecular weight excluding hydrogens is 414 g/mol. The van der Waals surface area contributed by atoms with Crippen molar-refractivity contribution in [3.05, 3.63) is 51.9 Å². The SMILES string of the molecule is CCOC(=O)c1c(NC(=O)CN2CCN(Cc3ccccc3)CC2)sc(C(C)=O)c1C. The van der Waals surface area contributed by atoms with E-state index in [1.54, 1.807) is 13.8 Å². The van der Waals surface area contributed by atoms with Gasteiger partial charge in [0.1, 0.15) is 5.00 Å². The highest BCUT2D eigenvalue weighted by Crippen LogP contribution is 2.34. The average molecular weight is 444 g/mol. The number of anilines is 1. The number of hydrogen-bond acceptors (Lipinski definition) is 7. The number of Topliss-reactive ketones (excluding diaryl/α,β-unsaturated/α-hetero) is 1. The molecule has 0 atom stereocenters. The second kappa shape index (κ2) is 10.7. The lowest BCUT2D eigenvalue weighted by Crippen LogP contribution is -2.48. The van der Waals surface area contributed by atoms with Crippen molar-refractivity contribution in [3.63, 3.8) is 0 Å². The quantitative estimate of drug-likeness (QED) is 0.499. The Morgan fingerprint density at radius 1 is 1.06 bits per heavy atom. The minimum atomic E-state index is -0.520. The largest absolute Gasteiger partial charge is 0.462 e. The first kappa shape index (κ1) is 23.1. The van der Waals surface area contributed by atoms with E-state index in [4.69, 9.17) is 4.74 Å². The first-order valence-electron chi connectivity index (χ1n) is 10.5. The molecule has 1 aromatic heterocycles. The molecule has 1 fully saturated rings. The number of benzene rings is 1. The van der Waals surface area contributed by atoms with Crippen LogP contribution in [0, 0.1) is 6.92 Å². The Bertz CT molecular complexity index is 934. The lowest BCUT2D eigenvalue weighted by atomic mass is 10.1. The van der Waals surface area contributed by atoms with Crippen molar-refractivity contribution < 1.29 is 19.1 Å². The zero-order chi connectivity index (χ0) is 22.4. The molecule has 1 N–H and O–H groups in total. The van der Waals surface area contributed by atoms with Crippen molar-refractivity contribution in [1.29, 1.82) is 0 Å². The van der Waals surface area contributed by atoms with Crippen LogP contribution in [-0.4, -0.2) is 66.8 Å². The summed E-state index contributed by atoms with van der Waals surface area (Å²) in [5, 5.41) is 3.22. The van der Waals surface area contributed by atoms with Gasteiger partial charge in [-0.25, -0.2) is 4.79 Å². The van der Waals surface area contributed by atoms with Crippen LogP contribution in [-0.2, 0) is 16.1 Å². The van der Waals surface area contributed by atoms with Gasteiger partial charge in [0.2, 0.25) is 5.91 Å². The predicted molar refractivity (Wildman–Crippen MR) is 122 cm³/mol. The number of rotatable bonds is 8. The van der Waals surface area contributed by atoms with Gasteiger partial charge in [0.05, 0.1) is 23.6 Å².